The van der Waals surface area contributed by atoms with Gasteiger partial charge in [0.05, 0.1) is 0 Å². The third-order valence-corrected chi connectivity index (χ3v) is 9.14. The Morgan fingerprint density at radius 2 is 1.81 bits per heavy atom. The Morgan fingerprint density at radius 1 is 1.00 bits per heavy atom. The number of carbonyl (C=O) groups is 1. The Hall–Kier alpha value is 0.150. The summed E-state index contributed by atoms with van der Waals surface area (Å²) in [6, 6.07) is 0. The highest BCUT2D eigenvalue weighted by Crippen LogP contribution is 2.65. The highest BCUT2D eigenvalue weighted by molar-refractivity contribution is 9.09. The average molecular weight is 353 g/mol. The number of hydrogen-bond acceptors (Lipinski definition) is 1. The molecule has 0 N–H and O–H groups in total. The van der Waals surface area contributed by atoms with Crippen molar-refractivity contribution >= 4 is 21.7 Å². The van der Waals surface area contributed by atoms with Crippen LogP contribution in [0.4, 0.5) is 0 Å². The molecule has 4 aliphatic rings. The van der Waals surface area contributed by atoms with Gasteiger partial charge in [0.25, 0.3) is 0 Å². The molecule has 0 aromatic heterocycles. The van der Waals surface area contributed by atoms with Gasteiger partial charge < -0.3 is 0 Å². The molecule has 2 unspecified atom stereocenters. The second-order valence-electron chi connectivity index (χ2n) is 8.95. The van der Waals surface area contributed by atoms with Crippen molar-refractivity contribution in [3.63, 3.8) is 0 Å². The van der Waals surface area contributed by atoms with Gasteiger partial charge in [0.15, 0.2) is 0 Å². The van der Waals surface area contributed by atoms with E-state index in [0.717, 1.165) is 29.0 Å². The molecule has 2 heteroatoms. The summed E-state index contributed by atoms with van der Waals surface area (Å²) in [6.07, 6.45) is 11.5. The molecular formula is C19H29BrO. The maximum Gasteiger partial charge on any atom is 0.139 e. The fourth-order valence-corrected chi connectivity index (χ4v) is 7.66. The lowest BCUT2D eigenvalue weighted by molar-refractivity contribution is -0.138. The van der Waals surface area contributed by atoms with Crippen LogP contribution in [0, 0.1) is 34.5 Å². The normalized spacial score (nSPS) is 56.5. The Bertz CT molecular complexity index is 460. The minimum Gasteiger partial charge on any atom is -0.299 e. The van der Waals surface area contributed by atoms with Crippen LogP contribution in [-0.2, 0) is 4.79 Å². The molecule has 21 heavy (non-hydrogen) atoms. The number of carbonyl (C=O) groups excluding carboxylic acids is 1. The van der Waals surface area contributed by atoms with Crippen LogP contribution in [0.2, 0.25) is 0 Å². The largest absolute Gasteiger partial charge is 0.299 e. The van der Waals surface area contributed by atoms with Gasteiger partial charge in [0.1, 0.15) is 5.78 Å². The van der Waals surface area contributed by atoms with Crippen LogP contribution in [0.3, 0.4) is 0 Å². The van der Waals surface area contributed by atoms with Crippen LogP contribution in [0.15, 0.2) is 0 Å². The first-order valence-electron chi connectivity index (χ1n) is 9.12. The van der Waals surface area contributed by atoms with Gasteiger partial charge in [-0.2, -0.15) is 0 Å². The van der Waals surface area contributed by atoms with Gasteiger partial charge in [-0.25, -0.2) is 0 Å². The van der Waals surface area contributed by atoms with Crippen LogP contribution in [0.25, 0.3) is 0 Å². The lowest BCUT2D eigenvalue weighted by Crippen LogP contribution is -2.53. The van der Waals surface area contributed by atoms with Crippen molar-refractivity contribution in [1.29, 1.82) is 0 Å². The Labute approximate surface area is 137 Å². The molecule has 4 saturated carbocycles. The lowest BCUT2D eigenvalue weighted by atomic mass is 9.45. The molecule has 118 valence electrons. The lowest BCUT2D eigenvalue weighted by Gasteiger charge is -2.60. The highest BCUT2D eigenvalue weighted by atomic mass is 79.9. The quantitative estimate of drug-likeness (QED) is 0.536. The van der Waals surface area contributed by atoms with Gasteiger partial charge in [-0.15, -0.1) is 0 Å². The number of Topliss-reactive ketones (excluding diaryl/α,β-unsaturated/α-hetero) is 1. The van der Waals surface area contributed by atoms with Crippen molar-refractivity contribution in [1.82, 2.24) is 0 Å². The van der Waals surface area contributed by atoms with Gasteiger partial charge in [-0.1, -0.05) is 29.8 Å². The van der Waals surface area contributed by atoms with Gasteiger partial charge >= 0.3 is 0 Å². The molecule has 0 bridgehead atoms. The molecule has 0 spiro atoms. The molecule has 0 heterocycles. The van der Waals surface area contributed by atoms with E-state index in [1.165, 1.54) is 51.4 Å². The molecule has 0 aliphatic heterocycles. The Kier molecular flexibility index (Phi) is 3.38. The molecule has 4 rings (SSSR count). The summed E-state index contributed by atoms with van der Waals surface area (Å²) in [4.78, 5) is 13.2. The van der Waals surface area contributed by atoms with Crippen LogP contribution in [0.5, 0.6) is 0 Å². The van der Waals surface area contributed by atoms with E-state index in [9.17, 15) is 4.79 Å². The van der Waals surface area contributed by atoms with Crippen molar-refractivity contribution in [3.05, 3.63) is 0 Å². The molecule has 7 atom stereocenters. The number of halogens is 1. The van der Waals surface area contributed by atoms with Gasteiger partial charge in [-0.05, 0) is 80.5 Å². The smallest absolute Gasteiger partial charge is 0.139 e. The zero-order chi connectivity index (χ0) is 14.8. The van der Waals surface area contributed by atoms with Crippen LogP contribution >= 0.6 is 15.9 Å². The van der Waals surface area contributed by atoms with Gasteiger partial charge in [0.2, 0.25) is 0 Å². The van der Waals surface area contributed by atoms with E-state index >= 15 is 0 Å². The first-order chi connectivity index (χ1) is 9.95. The van der Waals surface area contributed by atoms with Crippen molar-refractivity contribution < 1.29 is 4.79 Å². The van der Waals surface area contributed by atoms with E-state index in [0.29, 0.717) is 17.1 Å². The molecule has 1 nitrogen and oxygen atoms in total. The third-order valence-electron chi connectivity index (χ3n) is 8.31. The number of alkyl halides is 1. The minimum absolute atomic E-state index is 0.0526. The van der Waals surface area contributed by atoms with E-state index in [2.05, 4.69) is 29.8 Å². The maximum absolute atomic E-state index is 12.4. The second-order valence-corrected chi connectivity index (χ2v) is 10.2. The first-order valence-corrected chi connectivity index (χ1v) is 10.0. The molecular weight excluding hydrogens is 324 g/mol. The molecule has 4 aliphatic carbocycles. The topological polar surface area (TPSA) is 17.1 Å². The number of hydrogen-bond donors (Lipinski definition) is 0. The number of fused-ring (bicyclic) bond motifs is 5. The SMILES string of the molecule is C[C@]12CCC(Br)CC1CC[C@@H]1[C@@H]2CC[C@]2(C)C(=O)CC[C@@H]12. The van der Waals surface area contributed by atoms with E-state index < -0.39 is 0 Å². The fraction of sp³-hybridized carbons (Fsp3) is 0.947. The summed E-state index contributed by atoms with van der Waals surface area (Å²) in [7, 11) is 0. The van der Waals surface area contributed by atoms with Crippen LogP contribution in [0.1, 0.15) is 71.6 Å². The first kappa shape index (κ1) is 14.7. The maximum atomic E-state index is 12.4. The minimum atomic E-state index is 0.0526. The zero-order valence-corrected chi connectivity index (χ0v) is 15.1. The van der Waals surface area contributed by atoms with Gasteiger partial charge in [0, 0.05) is 16.7 Å². The number of ketones is 1. The summed E-state index contributed by atoms with van der Waals surface area (Å²) in [5, 5.41) is 0. The Morgan fingerprint density at radius 3 is 2.62 bits per heavy atom. The standard InChI is InChI=1S/C19H29BrO/c1-18-9-7-13(20)11-12(18)3-4-14-15-5-6-17(21)19(15,2)10-8-16(14)18/h12-16H,3-11H2,1-2H3/t12?,13?,14-,15-,16-,18-,19-/m0/s1. The summed E-state index contributed by atoms with van der Waals surface area (Å²) >= 11 is 3.88. The summed E-state index contributed by atoms with van der Waals surface area (Å²) < 4.78 is 0. The predicted molar refractivity (Wildman–Crippen MR) is 89.4 cm³/mol. The summed E-state index contributed by atoms with van der Waals surface area (Å²) in [6.45, 7) is 4.90. The molecule has 4 fully saturated rings. The van der Waals surface area contributed by atoms with Crippen molar-refractivity contribution in [2.24, 2.45) is 34.5 Å². The van der Waals surface area contributed by atoms with Crippen LogP contribution < -0.4 is 0 Å². The zero-order valence-electron chi connectivity index (χ0n) is 13.5. The van der Waals surface area contributed by atoms with Crippen molar-refractivity contribution in [2.75, 3.05) is 0 Å². The van der Waals surface area contributed by atoms with E-state index in [1.54, 1.807) is 0 Å². The highest BCUT2D eigenvalue weighted by Gasteiger charge is 2.59. The van der Waals surface area contributed by atoms with Crippen molar-refractivity contribution in [2.45, 2.75) is 76.5 Å². The third kappa shape index (κ3) is 1.96. The summed E-state index contributed by atoms with van der Waals surface area (Å²) in [5.74, 6) is 3.98. The number of rotatable bonds is 0. The van der Waals surface area contributed by atoms with Crippen LogP contribution in [-0.4, -0.2) is 10.6 Å². The molecule has 0 radical (unpaired) electrons. The van der Waals surface area contributed by atoms with E-state index in [4.69, 9.17) is 0 Å². The average Bonchev–Trinajstić information content (AvgIpc) is 2.76. The molecule has 0 aromatic rings. The van der Waals surface area contributed by atoms with E-state index in [-0.39, 0.29) is 5.41 Å². The second kappa shape index (κ2) is 4.82. The fourth-order valence-electron chi connectivity index (χ4n) is 6.98. The Balaban J connectivity index is 1.64. The monoisotopic (exact) mass is 352 g/mol. The molecule has 0 amide bonds. The van der Waals surface area contributed by atoms with E-state index in [1.807, 2.05) is 0 Å². The van der Waals surface area contributed by atoms with Crippen molar-refractivity contribution in [3.8, 4) is 0 Å². The molecule has 0 aromatic carbocycles. The predicted octanol–water partition coefficient (Wildman–Crippen LogP) is 5.36. The summed E-state index contributed by atoms with van der Waals surface area (Å²) in [5.41, 5.74) is 0.622. The molecule has 0 saturated heterocycles. The van der Waals surface area contributed by atoms with Gasteiger partial charge in [-0.3, -0.25) is 4.79 Å².